The predicted molar refractivity (Wildman–Crippen MR) is 135 cm³/mol. The summed E-state index contributed by atoms with van der Waals surface area (Å²) in [7, 11) is 0. The molecule has 0 amide bonds. The van der Waals surface area contributed by atoms with E-state index in [4.69, 9.17) is 6.42 Å². The lowest BCUT2D eigenvalue weighted by Crippen LogP contribution is -2.44. The quantitative estimate of drug-likeness (QED) is 0.448. The summed E-state index contributed by atoms with van der Waals surface area (Å²) in [6.07, 6.45) is 13.4. The minimum absolute atomic E-state index is 0.354. The molecule has 2 aromatic rings. The van der Waals surface area contributed by atoms with Gasteiger partial charge in [-0.1, -0.05) is 60.8 Å². The molecule has 0 bridgehead atoms. The third kappa shape index (κ3) is 7.74. The van der Waals surface area contributed by atoms with Crippen LogP contribution >= 0.6 is 11.3 Å². The maximum absolute atomic E-state index is 5.53. The van der Waals surface area contributed by atoms with E-state index in [1.165, 1.54) is 37.2 Å². The van der Waals surface area contributed by atoms with Gasteiger partial charge in [-0.3, -0.25) is 9.88 Å². The van der Waals surface area contributed by atoms with Crippen molar-refractivity contribution in [1.82, 2.24) is 14.9 Å². The third-order valence-corrected chi connectivity index (χ3v) is 7.07. The number of pyridine rings is 1. The number of piperidine rings is 1. The number of hydrogen-bond donors (Lipinski definition) is 0. The lowest BCUT2D eigenvalue weighted by Gasteiger charge is -2.43. The second kappa shape index (κ2) is 11.8. The summed E-state index contributed by atoms with van der Waals surface area (Å²) in [6.45, 7) is 19.2. The molecule has 0 saturated carbocycles. The first-order valence-corrected chi connectivity index (χ1v) is 12.7. The molecule has 2 atom stereocenters. The summed E-state index contributed by atoms with van der Waals surface area (Å²) in [5, 5.41) is 0.956. The first-order valence-electron chi connectivity index (χ1n) is 11.8. The summed E-state index contributed by atoms with van der Waals surface area (Å²) in [4.78, 5) is 13.1. The van der Waals surface area contributed by atoms with Crippen molar-refractivity contribution in [2.45, 2.75) is 74.3 Å². The van der Waals surface area contributed by atoms with Gasteiger partial charge in [-0.05, 0) is 48.1 Å². The van der Waals surface area contributed by atoms with Gasteiger partial charge in [-0.25, -0.2) is 4.98 Å². The Balaban J connectivity index is 0.00000166. The van der Waals surface area contributed by atoms with Crippen LogP contribution < -0.4 is 0 Å². The number of terminal acetylenes is 1. The van der Waals surface area contributed by atoms with Gasteiger partial charge in [0.25, 0.3) is 0 Å². The molecule has 0 N–H and O–H groups in total. The second-order valence-corrected chi connectivity index (χ2v) is 11.2. The number of hydrogen-bond acceptors (Lipinski definition) is 4. The molecule has 170 valence electrons. The molecule has 3 rings (SSSR count). The van der Waals surface area contributed by atoms with Crippen LogP contribution in [-0.2, 0) is 6.54 Å². The van der Waals surface area contributed by atoms with Gasteiger partial charge in [-0.2, -0.15) is 0 Å². The van der Waals surface area contributed by atoms with Crippen molar-refractivity contribution in [3.05, 3.63) is 35.0 Å². The number of rotatable bonds is 6. The topological polar surface area (TPSA) is 29.0 Å². The lowest BCUT2D eigenvalue weighted by atomic mass is 9.72. The second-order valence-electron chi connectivity index (χ2n) is 10.0. The molecule has 31 heavy (non-hydrogen) atoms. The van der Waals surface area contributed by atoms with E-state index in [1.54, 1.807) is 17.5 Å². The fraction of sp³-hybridized carbons (Fsp3) is 0.630. The van der Waals surface area contributed by atoms with E-state index in [1.807, 2.05) is 32.2 Å². The van der Waals surface area contributed by atoms with Gasteiger partial charge in [0.05, 0.1) is 0 Å². The normalized spacial score (nSPS) is 19.6. The molecule has 2 aromatic heterocycles. The molecule has 1 saturated heterocycles. The van der Waals surface area contributed by atoms with E-state index in [9.17, 15) is 0 Å². The fourth-order valence-electron chi connectivity index (χ4n) is 4.19. The molecule has 2 unspecified atom stereocenters. The Labute approximate surface area is 194 Å². The van der Waals surface area contributed by atoms with Gasteiger partial charge < -0.3 is 0 Å². The van der Waals surface area contributed by atoms with Crippen molar-refractivity contribution >= 4 is 11.3 Å². The summed E-state index contributed by atoms with van der Waals surface area (Å²) in [6, 6.07) is 3.80. The minimum Gasteiger partial charge on any atom is -0.298 e. The third-order valence-electron chi connectivity index (χ3n) is 6.07. The zero-order valence-electron chi connectivity index (χ0n) is 20.6. The Morgan fingerprint density at radius 1 is 1.23 bits per heavy atom. The molecule has 0 aromatic carbocycles. The van der Waals surface area contributed by atoms with Crippen LogP contribution in [0.1, 0.15) is 78.2 Å². The molecule has 3 heterocycles. The van der Waals surface area contributed by atoms with E-state index in [2.05, 4.69) is 55.4 Å². The van der Waals surface area contributed by atoms with Crippen LogP contribution in [0.3, 0.4) is 0 Å². The average Bonchev–Trinajstić information content (AvgIpc) is 3.21. The van der Waals surface area contributed by atoms with E-state index < -0.39 is 0 Å². The van der Waals surface area contributed by atoms with Gasteiger partial charge >= 0.3 is 0 Å². The van der Waals surface area contributed by atoms with Crippen LogP contribution in [0.15, 0.2) is 24.5 Å². The van der Waals surface area contributed by atoms with Crippen molar-refractivity contribution < 1.29 is 0 Å². The highest BCUT2D eigenvalue weighted by Gasteiger charge is 2.34. The summed E-state index contributed by atoms with van der Waals surface area (Å²) in [5.74, 6) is 5.02. The Morgan fingerprint density at radius 2 is 1.97 bits per heavy atom. The molecular formula is C27H41N3S. The number of nitrogens with zero attached hydrogens (tertiary/aromatic N) is 3. The first-order chi connectivity index (χ1) is 14.7. The van der Waals surface area contributed by atoms with Crippen LogP contribution in [0, 0.1) is 35.5 Å². The van der Waals surface area contributed by atoms with Crippen LogP contribution in [0.25, 0.3) is 10.7 Å². The fourth-order valence-corrected chi connectivity index (χ4v) is 5.12. The monoisotopic (exact) mass is 439 g/mol. The number of thiazole rings is 1. The summed E-state index contributed by atoms with van der Waals surface area (Å²) < 4.78 is 0. The largest absolute Gasteiger partial charge is 0.298 e. The van der Waals surface area contributed by atoms with E-state index >= 15 is 0 Å². The molecule has 1 aliphatic heterocycles. The highest BCUT2D eigenvalue weighted by atomic mass is 32.1. The number of aromatic nitrogens is 2. The minimum atomic E-state index is 0.354. The van der Waals surface area contributed by atoms with Crippen molar-refractivity contribution in [2.24, 2.45) is 23.2 Å². The van der Waals surface area contributed by atoms with Gasteiger partial charge in [0.2, 0.25) is 0 Å². The van der Waals surface area contributed by atoms with Crippen LogP contribution in [0.2, 0.25) is 0 Å². The zero-order valence-corrected chi connectivity index (χ0v) is 21.4. The van der Waals surface area contributed by atoms with Crippen molar-refractivity contribution in [2.75, 3.05) is 13.1 Å². The predicted octanol–water partition coefficient (Wildman–Crippen LogP) is 7.13. The van der Waals surface area contributed by atoms with Gasteiger partial charge in [0.15, 0.2) is 0 Å². The maximum Gasteiger partial charge on any atom is 0.142 e. The number of likely N-dealkylation sites (tertiary alicyclic amines) is 1. The molecule has 1 aliphatic rings. The van der Waals surface area contributed by atoms with Crippen molar-refractivity contribution in [1.29, 1.82) is 0 Å². The van der Waals surface area contributed by atoms with Gasteiger partial charge in [-0.15, -0.1) is 17.8 Å². The smallest absolute Gasteiger partial charge is 0.142 e. The van der Waals surface area contributed by atoms with Crippen LogP contribution in [0.5, 0.6) is 0 Å². The Kier molecular flexibility index (Phi) is 9.72. The molecule has 0 radical (unpaired) electrons. The molecular weight excluding hydrogens is 398 g/mol. The maximum atomic E-state index is 5.53. The highest BCUT2D eigenvalue weighted by molar-refractivity contribution is 7.14. The van der Waals surface area contributed by atoms with E-state index in [-0.39, 0.29) is 0 Å². The Hall–Kier alpha value is -1.70. The molecule has 3 nitrogen and oxygen atoms in total. The molecule has 0 spiro atoms. The molecule has 0 aliphatic carbocycles. The Bertz CT molecular complexity index is 841. The summed E-state index contributed by atoms with van der Waals surface area (Å²) >= 11 is 1.74. The van der Waals surface area contributed by atoms with Crippen LogP contribution in [-0.4, -0.2) is 28.0 Å². The van der Waals surface area contributed by atoms with Crippen LogP contribution in [0.4, 0.5) is 0 Å². The van der Waals surface area contributed by atoms with Crippen molar-refractivity contribution in [3.63, 3.8) is 0 Å². The van der Waals surface area contributed by atoms with E-state index in [0.29, 0.717) is 5.41 Å². The average molecular weight is 440 g/mol. The molecule has 1 fully saturated rings. The zero-order chi connectivity index (χ0) is 23.0. The van der Waals surface area contributed by atoms with E-state index in [0.717, 1.165) is 40.6 Å². The molecule has 4 heteroatoms. The van der Waals surface area contributed by atoms with Gasteiger partial charge in [0.1, 0.15) is 10.7 Å². The lowest BCUT2D eigenvalue weighted by molar-refractivity contribution is 0.0534. The first kappa shape index (κ1) is 25.6. The van der Waals surface area contributed by atoms with Gasteiger partial charge in [0, 0.05) is 42.5 Å². The van der Waals surface area contributed by atoms with Crippen molar-refractivity contribution in [3.8, 4) is 23.0 Å². The summed E-state index contributed by atoms with van der Waals surface area (Å²) in [5.41, 5.74) is 2.08. The highest BCUT2D eigenvalue weighted by Crippen LogP contribution is 2.38. The SMILES string of the molecule is C#Cc1ccnc(-c2ncc(CN3CC(CCC(C)C)CC(C(C)(C)C)C3)s2)c1.CC. The Morgan fingerprint density at radius 3 is 2.61 bits per heavy atom. The standard InChI is InChI=1S/C25H35N3S.C2H6/c1-7-19-10-11-26-23(13-19)24-27-14-22(29-24)17-28-15-20(9-8-18(2)3)12-21(16-28)25(4,5)6;1-2/h1,10-11,13-14,18,20-21H,8-9,12,15-17H2,2-6H3;1-2H3.